The minimum atomic E-state index is -3.55. The smallest absolute Gasteiger partial charge is 0.257 e. The van der Waals surface area contributed by atoms with Crippen molar-refractivity contribution in [3.05, 3.63) is 65.7 Å². The van der Waals surface area contributed by atoms with Crippen molar-refractivity contribution in [2.24, 2.45) is 0 Å². The molecule has 1 fully saturated rings. The molecule has 9 nitrogen and oxygen atoms in total. The Morgan fingerprint density at radius 3 is 2.40 bits per heavy atom. The third-order valence-electron chi connectivity index (χ3n) is 5.36. The summed E-state index contributed by atoms with van der Waals surface area (Å²) in [6.45, 7) is 1.50. The fourth-order valence-electron chi connectivity index (χ4n) is 3.50. The summed E-state index contributed by atoms with van der Waals surface area (Å²) in [7, 11) is -3.55. The quantitative estimate of drug-likeness (QED) is 0.321. The van der Waals surface area contributed by atoms with Crippen molar-refractivity contribution in [2.75, 3.05) is 24.2 Å². The number of rotatable bonds is 9. The van der Waals surface area contributed by atoms with Crippen molar-refractivity contribution in [1.82, 2.24) is 19.8 Å². The monoisotopic (exact) mass is 531 g/mol. The van der Waals surface area contributed by atoms with Crippen LogP contribution in [-0.2, 0) is 21.4 Å². The van der Waals surface area contributed by atoms with E-state index in [9.17, 15) is 18.0 Å². The maximum Gasteiger partial charge on any atom is 0.257 e. The number of carbonyl (C=O) groups excluding carboxylic acids is 2. The number of aromatic nitrogens is 2. The van der Waals surface area contributed by atoms with Crippen LogP contribution in [0.1, 0.15) is 35.2 Å². The lowest BCUT2D eigenvalue weighted by molar-refractivity contribution is -0.118. The number of nitrogens with one attached hydrogen (secondary N) is 2. The molecular formula is C23H25N5O4S3. The third-order valence-corrected chi connectivity index (χ3v) is 9.24. The molecule has 0 atom stereocenters. The first-order chi connectivity index (χ1) is 16.9. The molecule has 4 rings (SSSR count). The highest BCUT2D eigenvalue weighted by molar-refractivity contribution is 8.01. The zero-order chi connectivity index (χ0) is 24.7. The maximum atomic E-state index is 12.8. The predicted octanol–water partition coefficient (Wildman–Crippen LogP) is 3.37. The summed E-state index contributed by atoms with van der Waals surface area (Å²) in [4.78, 5) is 24.8. The van der Waals surface area contributed by atoms with Gasteiger partial charge in [-0.15, -0.1) is 10.2 Å². The molecule has 2 amide bonds. The Bertz CT molecular complexity index is 1260. The first-order valence-corrected chi connectivity index (χ1v) is 14.3. The molecular weight excluding hydrogens is 506 g/mol. The van der Waals surface area contributed by atoms with Gasteiger partial charge < -0.3 is 5.32 Å². The zero-order valence-electron chi connectivity index (χ0n) is 18.8. The second-order valence-corrected chi connectivity index (χ2v) is 12.0. The molecule has 0 aliphatic carbocycles. The van der Waals surface area contributed by atoms with E-state index in [0.717, 1.165) is 36.2 Å². The Balaban J connectivity index is 1.27. The minimum Gasteiger partial charge on any atom is -0.351 e. The first kappa shape index (κ1) is 25.3. The number of anilines is 1. The Morgan fingerprint density at radius 2 is 1.69 bits per heavy atom. The van der Waals surface area contributed by atoms with E-state index in [1.54, 1.807) is 0 Å². The van der Waals surface area contributed by atoms with Gasteiger partial charge in [0.15, 0.2) is 4.34 Å². The molecule has 0 unspecified atom stereocenters. The number of amides is 2. The fourth-order valence-corrected chi connectivity index (χ4v) is 6.59. The van der Waals surface area contributed by atoms with Gasteiger partial charge in [-0.1, -0.05) is 59.9 Å². The van der Waals surface area contributed by atoms with Crippen LogP contribution in [0.4, 0.5) is 5.13 Å². The van der Waals surface area contributed by atoms with Crippen molar-refractivity contribution < 1.29 is 18.0 Å². The molecule has 2 heterocycles. The van der Waals surface area contributed by atoms with Gasteiger partial charge in [0.25, 0.3) is 5.91 Å². The highest BCUT2D eigenvalue weighted by Gasteiger charge is 2.26. The lowest BCUT2D eigenvalue weighted by atomic mass is 10.2. The van der Waals surface area contributed by atoms with Gasteiger partial charge in [0, 0.05) is 25.2 Å². The molecule has 184 valence electrons. The van der Waals surface area contributed by atoms with Crippen LogP contribution in [0.25, 0.3) is 0 Å². The topological polar surface area (TPSA) is 121 Å². The Hall–Kier alpha value is -2.80. The summed E-state index contributed by atoms with van der Waals surface area (Å²) in [6, 6.07) is 15.5. The van der Waals surface area contributed by atoms with Crippen molar-refractivity contribution in [3.8, 4) is 0 Å². The highest BCUT2D eigenvalue weighted by atomic mass is 32.2. The lowest BCUT2D eigenvalue weighted by Gasteiger charge is -2.25. The number of piperidine rings is 1. The molecule has 2 aromatic carbocycles. The van der Waals surface area contributed by atoms with Crippen molar-refractivity contribution in [1.29, 1.82) is 0 Å². The van der Waals surface area contributed by atoms with Gasteiger partial charge >= 0.3 is 0 Å². The number of benzene rings is 2. The number of hydrogen-bond acceptors (Lipinski definition) is 8. The largest absolute Gasteiger partial charge is 0.351 e. The van der Waals surface area contributed by atoms with E-state index in [4.69, 9.17) is 0 Å². The van der Waals surface area contributed by atoms with Crippen LogP contribution < -0.4 is 10.6 Å². The van der Waals surface area contributed by atoms with Crippen LogP contribution in [-0.4, -0.2) is 53.6 Å². The number of hydrogen-bond donors (Lipinski definition) is 2. The molecule has 1 aromatic heterocycles. The molecule has 12 heteroatoms. The van der Waals surface area contributed by atoms with Crippen molar-refractivity contribution in [2.45, 2.75) is 35.0 Å². The number of sulfonamides is 1. The first-order valence-electron chi connectivity index (χ1n) is 11.1. The number of nitrogens with zero attached hydrogens (tertiary/aromatic N) is 3. The second-order valence-electron chi connectivity index (χ2n) is 7.87. The van der Waals surface area contributed by atoms with Crippen LogP contribution in [0.3, 0.4) is 0 Å². The predicted molar refractivity (Wildman–Crippen MR) is 136 cm³/mol. The average Bonchev–Trinajstić information content (AvgIpc) is 3.34. The molecule has 2 N–H and O–H groups in total. The zero-order valence-corrected chi connectivity index (χ0v) is 21.3. The van der Waals surface area contributed by atoms with Gasteiger partial charge in [-0.25, -0.2) is 8.42 Å². The van der Waals surface area contributed by atoms with Gasteiger partial charge in [0.05, 0.1) is 10.6 Å². The summed E-state index contributed by atoms with van der Waals surface area (Å²) in [5.41, 5.74) is 1.33. The maximum absolute atomic E-state index is 12.8. The molecule has 0 saturated carbocycles. The molecule has 35 heavy (non-hydrogen) atoms. The van der Waals surface area contributed by atoms with Crippen LogP contribution in [0.15, 0.2) is 63.8 Å². The summed E-state index contributed by atoms with van der Waals surface area (Å²) < 4.78 is 27.6. The lowest BCUT2D eigenvalue weighted by Crippen LogP contribution is -2.35. The van der Waals surface area contributed by atoms with Gasteiger partial charge in [0.1, 0.15) is 0 Å². The van der Waals surface area contributed by atoms with Crippen LogP contribution >= 0.6 is 23.1 Å². The van der Waals surface area contributed by atoms with Crippen LogP contribution in [0, 0.1) is 0 Å². The molecule has 1 saturated heterocycles. The van der Waals surface area contributed by atoms with E-state index in [2.05, 4.69) is 20.8 Å². The van der Waals surface area contributed by atoms with E-state index in [1.807, 2.05) is 30.3 Å². The van der Waals surface area contributed by atoms with Gasteiger partial charge in [0.2, 0.25) is 21.1 Å². The SMILES string of the molecule is O=C(CSc1nnc(NC(=O)c2ccc(S(=O)(=O)N3CCCCC3)cc2)s1)NCc1ccccc1. The molecule has 1 aliphatic heterocycles. The standard InChI is InChI=1S/C23H25N5O4S3/c29-20(24-15-17-7-3-1-4-8-17)16-33-23-27-26-22(34-23)25-21(30)18-9-11-19(12-10-18)35(31,32)28-13-5-2-6-14-28/h1,3-4,7-12H,2,5-6,13-16H2,(H,24,29)(H,25,26,30). The third kappa shape index (κ3) is 6.88. The van der Waals surface area contributed by atoms with Crippen LogP contribution in [0.2, 0.25) is 0 Å². The minimum absolute atomic E-state index is 0.126. The summed E-state index contributed by atoms with van der Waals surface area (Å²) in [6.07, 6.45) is 2.76. The summed E-state index contributed by atoms with van der Waals surface area (Å²) >= 11 is 2.40. The van der Waals surface area contributed by atoms with Gasteiger partial charge in [-0.2, -0.15) is 4.31 Å². The molecule has 0 bridgehead atoms. The fraction of sp³-hybridized carbons (Fsp3) is 0.304. The second kappa shape index (κ2) is 11.8. The van der Waals surface area contributed by atoms with E-state index >= 15 is 0 Å². The van der Waals surface area contributed by atoms with Gasteiger partial charge in [-0.3, -0.25) is 14.9 Å². The normalized spacial score (nSPS) is 14.4. The van der Waals surface area contributed by atoms with E-state index in [-0.39, 0.29) is 16.6 Å². The van der Waals surface area contributed by atoms with Crippen LogP contribution in [0.5, 0.6) is 0 Å². The van der Waals surface area contributed by atoms with E-state index in [1.165, 1.54) is 40.3 Å². The molecule has 0 spiro atoms. The molecule has 0 radical (unpaired) electrons. The molecule has 3 aromatic rings. The number of carbonyl (C=O) groups is 2. The average molecular weight is 532 g/mol. The van der Waals surface area contributed by atoms with E-state index < -0.39 is 15.9 Å². The van der Waals surface area contributed by atoms with Gasteiger partial charge in [-0.05, 0) is 42.7 Å². The Labute approximate surface area is 212 Å². The van der Waals surface area contributed by atoms with E-state index in [0.29, 0.717) is 34.7 Å². The van der Waals surface area contributed by atoms with Crippen molar-refractivity contribution in [3.63, 3.8) is 0 Å². The Morgan fingerprint density at radius 1 is 0.971 bits per heavy atom. The number of thioether (sulfide) groups is 1. The summed E-state index contributed by atoms with van der Waals surface area (Å²) in [5, 5.41) is 13.8. The highest BCUT2D eigenvalue weighted by Crippen LogP contribution is 2.26. The Kier molecular flexibility index (Phi) is 8.50. The summed E-state index contributed by atoms with van der Waals surface area (Å²) in [5.74, 6) is -0.359. The van der Waals surface area contributed by atoms with Crippen molar-refractivity contribution >= 4 is 50.1 Å². The molecule has 1 aliphatic rings.